The summed E-state index contributed by atoms with van der Waals surface area (Å²) in [6, 6.07) is 3.40. The number of methoxy groups -OCH3 is 1. The first-order valence-corrected chi connectivity index (χ1v) is 9.07. The van der Waals surface area contributed by atoms with E-state index in [9.17, 15) is 4.79 Å². The summed E-state index contributed by atoms with van der Waals surface area (Å²) in [6.07, 6.45) is 1.71. The molecule has 0 aliphatic rings. The summed E-state index contributed by atoms with van der Waals surface area (Å²) in [5, 5.41) is 6.57. The maximum Gasteiger partial charge on any atom is 0.255 e. The number of hydrogen-bond donors (Lipinski definition) is 1. The van der Waals surface area contributed by atoms with Crippen LogP contribution >= 0.6 is 45.5 Å². The summed E-state index contributed by atoms with van der Waals surface area (Å²) in [5.41, 5.74) is 1.50. The highest BCUT2D eigenvalue weighted by Gasteiger charge is 2.14. The van der Waals surface area contributed by atoms with Crippen LogP contribution in [0.1, 0.15) is 27.5 Å². The van der Waals surface area contributed by atoms with Crippen LogP contribution in [0, 0.1) is 10.5 Å². The number of ether oxygens (including phenoxy) is 1. The predicted octanol–water partition coefficient (Wildman–Crippen LogP) is 4.08. The fourth-order valence-electron chi connectivity index (χ4n) is 1.93. The Hall–Kier alpha value is -0.860. The fourth-order valence-corrected chi connectivity index (χ4v) is 3.35. The number of amides is 1. The van der Waals surface area contributed by atoms with Crippen molar-refractivity contribution >= 4 is 51.4 Å². The quantitative estimate of drug-likeness (QED) is 0.533. The van der Waals surface area contributed by atoms with Gasteiger partial charge in [0, 0.05) is 27.6 Å². The number of nitrogens with zero attached hydrogens (tertiary/aromatic N) is 1. The maximum absolute atomic E-state index is 12.2. The lowest BCUT2D eigenvalue weighted by Crippen LogP contribution is -2.25. The molecule has 0 unspecified atom stereocenters. The van der Waals surface area contributed by atoms with Crippen LogP contribution in [0.15, 0.2) is 17.5 Å². The Kier molecular flexibility index (Phi) is 6.46. The zero-order valence-corrected chi connectivity index (χ0v) is 16.0. The van der Waals surface area contributed by atoms with E-state index in [0.29, 0.717) is 22.9 Å². The van der Waals surface area contributed by atoms with Crippen molar-refractivity contribution in [3.8, 4) is 5.75 Å². The van der Waals surface area contributed by atoms with Gasteiger partial charge in [0.05, 0.1) is 22.7 Å². The molecule has 0 bridgehead atoms. The first kappa shape index (κ1) is 17.5. The second-order valence-corrected chi connectivity index (χ2v) is 7.22. The molecule has 7 heteroatoms. The van der Waals surface area contributed by atoms with Gasteiger partial charge in [-0.25, -0.2) is 4.98 Å². The molecule has 1 heterocycles. The Morgan fingerprint density at radius 3 is 2.91 bits per heavy atom. The molecular weight excluding hydrogens is 435 g/mol. The Balaban J connectivity index is 1.90. The third-order valence-electron chi connectivity index (χ3n) is 3.01. The Bertz CT molecular complexity index is 676. The number of carbonyl (C=O) groups excluding carboxylic acids is 1. The van der Waals surface area contributed by atoms with E-state index in [1.807, 2.05) is 12.3 Å². The van der Waals surface area contributed by atoms with Gasteiger partial charge in [0.15, 0.2) is 0 Å². The lowest BCUT2D eigenvalue weighted by Gasteiger charge is -2.10. The molecule has 118 valence electrons. The van der Waals surface area contributed by atoms with Crippen LogP contribution in [-0.4, -0.2) is 24.5 Å². The van der Waals surface area contributed by atoms with Crippen molar-refractivity contribution < 1.29 is 9.53 Å². The maximum atomic E-state index is 12.2. The average molecular weight is 451 g/mol. The molecule has 2 rings (SSSR count). The van der Waals surface area contributed by atoms with Crippen LogP contribution in [0.2, 0.25) is 5.02 Å². The van der Waals surface area contributed by atoms with Gasteiger partial charge in [-0.15, -0.1) is 11.3 Å². The highest BCUT2D eigenvalue weighted by molar-refractivity contribution is 14.1. The Morgan fingerprint density at radius 1 is 1.50 bits per heavy atom. The van der Waals surface area contributed by atoms with Crippen molar-refractivity contribution in [2.75, 3.05) is 13.7 Å². The summed E-state index contributed by atoms with van der Waals surface area (Å²) < 4.78 is 6.10. The van der Waals surface area contributed by atoms with Crippen LogP contribution in [0.5, 0.6) is 5.75 Å². The van der Waals surface area contributed by atoms with Crippen molar-refractivity contribution in [1.82, 2.24) is 10.3 Å². The zero-order chi connectivity index (χ0) is 16.1. The molecular formula is C15H16ClIN2O2S. The number of aromatic nitrogens is 1. The number of rotatable bonds is 6. The summed E-state index contributed by atoms with van der Waals surface area (Å²) in [5.74, 6) is 0.354. The monoisotopic (exact) mass is 450 g/mol. The van der Waals surface area contributed by atoms with Gasteiger partial charge in [-0.1, -0.05) is 11.6 Å². The van der Waals surface area contributed by atoms with Crippen LogP contribution in [0.25, 0.3) is 0 Å². The van der Waals surface area contributed by atoms with E-state index < -0.39 is 0 Å². The van der Waals surface area contributed by atoms with Gasteiger partial charge in [-0.05, 0) is 48.1 Å². The van der Waals surface area contributed by atoms with Crippen molar-refractivity contribution in [1.29, 1.82) is 0 Å². The van der Waals surface area contributed by atoms with Gasteiger partial charge in [0.2, 0.25) is 0 Å². The number of benzene rings is 1. The minimum Gasteiger partial charge on any atom is -0.496 e. The number of aryl methyl sites for hydroxylation is 2. The standard InChI is InChI=1S/C15H16ClIN2O2S/c1-9-8-22-14(19-9)4-3-5-18-15(20)10-6-11(16)12(17)7-13(10)21-2/h6-8H,3-5H2,1-2H3,(H,18,20). The van der Waals surface area contributed by atoms with Gasteiger partial charge in [0.25, 0.3) is 5.91 Å². The summed E-state index contributed by atoms with van der Waals surface area (Å²) in [4.78, 5) is 16.6. The Labute approximate surface area is 152 Å². The first-order valence-electron chi connectivity index (χ1n) is 6.73. The number of thiazole rings is 1. The average Bonchev–Trinajstić information content (AvgIpc) is 2.91. The Morgan fingerprint density at radius 2 is 2.27 bits per heavy atom. The SMILES string of the molecule is COc1cc(I)c(Cl)cc1C(=O)NCCCc1nc(C)cs1. The lowest BCUT2D eigenvalue weighted by molar-refractivity contribution is 0.0950. The van der Waals surface area contributed by atoms with Crippen molar-refractivity contribution in [2.24, 2.45) is 0 Å². The van der Waals surface area contributed by atoms with Crippen LogP contribution < -0.4 is 10.1 Å². The van der Waals surface area contributed by atoms with E-state index in [1.165, 1.54) is 0 Å². The van der Waals surface area contributed by atoms with Crippen molar-refractivity contribution in [3.63, 3.8) is 0 Å². The summed E-state index contributed by atoms with van der Waals surface area (Å²) in [7, 11) is 1.54. The van der Waals surface area contributed by atoms with Gasteiger partial charge in [-0.3, -0.25) is 4.79 Å². The fraction of sp³-hybridized carbons (Fsp3) is 0.333. The molecule has 0 radical (unpaired) electrons. The smallest absolute Gasteiger partial charge is 0.255 e. The van der Waals surface area contributed by atoms with Gasteiger partial charge < -0.3 is 10.1 Å². The highest BCUT2D eigenvalue weighted by Crippen LogP contribution is 2.28. The largest absolute Gasteiger partial charge is 0.496 e. The molecule has 1 N–H and O–H groups in total. The molecule has 22 heavy (non-hydrogen) atoms. The second kappa shape index (κ2) is 8.12. The summed E-state index contributed by atoms with van der Waals surface area (Å²) in [6.45, 7) is 2.57. The molecule has 1 aromatic carbocycles. The van der Waals surface area contributed by atoms with E-state index in [1.54, 1.807) is 30.6 Å². The molecule has 1 amide bonds. The molecule has 0 fully saturated rings. The minimum absolute atomic E-state index is 0.175. The molecule has 1 aromatic heterocycles. The van der Waals surface area contributed by atoms with Crippen molar-refractivity contribution in [3.05, 3.63) is 42.4 Å². The van der Waals surface area contributed by atoms with E-state index in [-0.39, 0.29) is 5.91 Å². The molecule has 0 atom stereocenters. The molecule has 0 aliphatic heterocycles. The van der Waals surface area contributed by atoms with E-state index in [0.717, 1.165) is 27.1 Å². The number of hydrogen-bond acceptors (Lipinski definition) is 4. The molecule has 0 saturated heterocycles. The first-order chi connectivity index (χ1) is 10.5. The van der Waals surface area contributed by atoms with Crippen LogP contribution in [-0.2, 0) is 6.42 Å². The van der Waals surface area contributed by atoms with Crippen molar-refractivity contribution in [2.45, 2.75) is 19.8 Å². The zero-order valence-electron chi connectivity index (χ0n) is 12.3. The van der Waals surface area contributed by atoms with E-state index in [4.69, 9.17) is 16.3 Å². The normalized spacial score (nSPS) is 10.5. The molecule has 0 spiro atoms. The third kappa shape index (κ3) is 4.57. The van der Waals surface area contributed by atoms with Crippen LogP contribution in [0.4, 0.5) is 0 Å². The number of halogens is 2. The number of nitrogens with one attached hydrogen (secondary N) is 1. The molecule has 0 saturated carbocycles. The molecule has 4 nitrogen and oxygen atoms in total. The third-order valence-corrected chi connectivity index (χ3v) is 5.56. The summed E-state index contributed by atoms with van der Waals surface area (Å²) >= 11 is 9.84. The van der Waals surface area contributed by atoms with Gasteiger partial charge in [-0.2, -0.15) is 0 Å². The van der Waals surface area contributed by atoms with Gasteiger partial charge in [0.1, 0.15) is 5.75 Å². The van der Waals surface area contributed by atoms with Crippen LogP contribution in [0.3, 0.4) is 0 Å². The lowest BCUT2D eigenvalue weighted by atomic mass is 10.2. The predicted molar refractivity (Wildman–Crippen MR) is 98.2 cm³/mol. The second-order valence-electron chi connectivity index (χ2n) is 4.71. The van der Waals surface area contributed by atoms with E-state index in [2.05, 4.69) is 32.9 Å². The topological polar surface area (TPSA) is 51.2 Å². The molecule has 0 aliphatic carbocycles. The molecule has 2 aromatic rings. The number of carbonyl (C=O) groups is 1. The van der Waals surface area contributed by atoms with Gasteiger partial charge >= 0.3 is 0 Å². The minimum atomic E-state index is -0.175. The highest BCUT2D eigenvalue weighted by atomic mass is 127. The van der Waals surface area contributed by atoms with E-state index >= 15 is 0 Å².